The molecule has 2 saturated heterocycles. The molecular weight excluding hydrogens is 228 g/mol. The van der Waals surface area contributed by atoms with Crippen LogP contribution in [0.5, 0.6) is 0 Å². The van der Waals surface area contributed by atoms with Crippen LogP contribution in [0.4, 0.5) is 0 Å². The standard InChI is InChI=1S/C10H18N2O3S/c13-10(9-4-1-5-11-9)12-7-8-3-2-6-16(8,14)15/h8-9,11H,1-7H2,(H,12,13)/t8?,9-/m1/s1. The van der Waals surface area contributed by atoms with Gasteiger partial charge in [0.1, 0.15) is 0 Å². The van der Waals surface area contributed by atoms with E-state index in [0.29, 0.717) is 6.42 Å². The maximum Gasteiger partial charge on any atom is 0.237 e. The van der Waals surface area contributed by atoms with E-state index >= 15 is 0 Å². The smallest absolute Gasteiger partial charge is 0.237 e. The van der Waals surface area contributed by atoms with Crippen LogP contribution in [0.1, 0.15) is 25.7 Å². The van der Waals surface area contributed by atoms with Gasteiger partial charge in [-0.15, -0.1) is 0 Å². The number of carbonyl (C=O) groups is 1. The largest absolute Gasteiger partial charge is 0.353 e. The van der Waals surface area contributed by atoms with Crippen molar-refractivity contribution in [2.75, 3.05) is 18.8 Å². The van der Waals surface area contributed by atoms with Crippen LogP contribution in [-0.4, -0.2) is 44.5 Å². The zero-order valence-corrected chi connectivity index (χ0v) is 10.1. The first-order valence-electron chi connectivity index (χ1n) is 5.82. The Hall–Kier alpha value is -0.620. The van der Waals surface area contributed by atoms with E-state index in [-0.39, 0.29) is 29.5 Å². The molecule has 0 aromatic rings. The lowest BCUT2D eigenvalue weighted by Crippen LogP contribution is -2.44. The summed E-state index contributed by atoms with van der Waals surface area (Å²) in [5.41, 5.74) is 0. The molecule has 2 N–H and O–H groups in total. The van der Waals surface area contributed by atoms with Crippen LogP contribution in [0.25, 0.3) is 0 Å². The van der Waals surface area contributed by atoms with Gasteiger partial charge in [0.2, 0.25) is 5.91 Å². The molecular formula is C10H18N2O3S. The quantitative estimate of drug-likeness (QED) is 0.699. The maximum atomic E-state index is 11.6. The topological polar surface area (TPSA) is 75.3 Å². The monoisotopic (exact) mass is 246 g/mol. The van der Waals surface area contributed by atoms with E-state index < -0.39 is 9.84 Å². The van der Waals surface area contributed by atoms with E-state index in [9.17, 15) is 13.2 Å². The SMILES string of the molecule is O=C(NCC1CCCS1(=O)=O)[C@H]1CCCN1. The Morgan fingerprint density at radius 3 is 2.69 bits per heavy atom. The summed E-state index contributed by atoms with van der Waals surface area (Å²) in [7, 11) is -2.94. The van der Waals surface area contributed by atoms with Gasteiger partial charge in [0.25, 0.3) is 0 Å². The van der Waals surface area contributed by atoms with Crippen molar-refractivity contribution in [2.45, 2.75) is 37.0 Å². The minimum absolute atomic E-state index is 0.0559. The molecule has 0 spiro atoms. The van der Waals surface area contributed by atoms with Gasteiger partial charge in [-0.2, -0.15) is 0 Å². The zero-order valence-electron chi connectivity index (χ0n) is 9.24. The van der Waals surface area contributed by atoms with Gasteiger partial charge in [0, 0.05) is 6.54 Å². The molecule has 0 aromatic carbocycles. The van der Waals surface area contributed by atoms with Crippen molar-refractivity contribution in [3.63, 3.8) is 0 Å². The minimum Gasteiger partial charge on any atom is -0.353 e. The van der Waals surface area contributed by atoms with E-state index in [1.54, 1.807) is 0 Å². The summed E-state index contributed by atoms with van der Waals surface area (Å²) in [4.78, 5) is 11.6. The number of hydrogen-bond donors (Lipinski definition) is 2. The second-order valence-electron chi connectivity index (χ2n) is 4.53. The number of nitrogens with one attached hydrogen (secondary N) is 2. The van der Waals surface area contributed by atoms with Crippen molar-refractivity contribution in [1.82, 2.24) is 10.6 Å². The first-order chi connectivity index (χ1) is 7.59. The van der Waals surface area contributed by atoms with Crippen molar-refractivity contribution >= 4 is 15.7 Å². The van der Waals surface area contributed by atoms with Crippen LogP contribution in [0, 0.1) is 0 Å². The van der Waals surface area contributed by atoms with Crippen molar-refractivity contribution in [1.29, 1.82) is 0 Å². The third-order valence-corrected chi connectivity index (χ3v) is 5.62. The van der Waals surface area contributed by atoms with Gasteiger partial charge in [-0.1, -0.05) is 0 Å². The number of rotatable bonds is 3. The molecule has 5 nitrogen and oxygen atoms in total. The van der Waals surface area contributed by atoms with Crippen LogP contribution in [0.15, 0.2) is 0 Å². The predicted molar refractivity (Wildman–Crippen MR) is 60.8 cm³/mol. The minimum atomic E-state index is -2.94. The van der Waals surface area contributed by atoms with Crippen LogP contribution >= 0.6 is 0 Å². The molecule has 1 unspecified atom stereocenters. The lowest BCUT2D eigenvalue weighted by atomic mass is 10.2. The highest BCUT2D eigenvalue weighted by molar-refractivity contribution is 7.92. The van der Waals surface area contributed by atoms with Crippen molar-refractivity contribution in [2.24, 2.45) is 0 Å². The van der Waals surface area contributed by atoms with Gasteiger partial charge >= 0.3 is 0 Å². The van der Waals surface area contributed by atoms with Crippen LogP contribution in [0.3, 0.4) is 0 Å². The molecule has 2 atom stereocenters. The molecule has 2 rings (SSSR count). The van der Waals surface area contributed by atoms with Crippen LogP contribution < -0.4 is 10.6 Å². The molecule has 0 aromatic heterocycles. The van der Waals surface area contributed by atoms with E-state index in [1.165, 1.54) is 0 Å². The van der Waals surface area contributed by atoms with E-state index in [4.69, 9.17) is 0 Å². The molecule has 1 amide bonds. The molecule has 0 bridgehead atoms. The van der Waals surface area contributed by atoms with Crippen molar-refractivity contribution < 1.29 is 13.2 Å². The summed E-state index contributed by atoms with van der Waals surface area (Å²) in [5.74, 6) is 0.217. The zero-order chi connectivity index (χ0) is 11.6. The summed E-state index contributed by atoms with van der Waals surface area (Å²) in [6.07, 6.45) is 3.27. The first-order valence-corrected chi connectivity index (χ1v) is 7.54. The summed E-state index contributed by atoms with van der Waals surface area (Å²) in [6.45, 7) is 1.15. The summed E-state index contributed by atoms with van der Waals surface area (Å²) >= 11 is 0. The fourth-order valence-electron chi connectivity index (χ4n) is 2.33. The fourth-order valence-corrected chi connectivity index (χ4v) is 4.10. The Morgan fingerprint density at radius 2 is 2.12 bits per heavy atom. The van der Waals surface area contributed by atoms with Gasteiger partial charge in [0.05, 0.1) is 17.0 Å². The number of carbonyl (C=O) groups excluding carboxylic acids is 1. The predicted octanol–water partition coefficient (Wildman–Crippen LogP) is -0.568. The van der Waals surface area contributed by atoms with Gasteiger partial charge < -0.3 is 10.6 Å². The lowest BCUT2D eigenvalue weighted by Gasteiger charge is -2.14. The maximum absolute atomic E-state index is 11.6. The third-order valence-electron chi connectivity index (χ3n) is 3.34. The number of hydrogen-bond acceptors (Lipinski definition) is 4. The average Bonchev–Trinajstić information content (AvgIpc) is 2.83. The molecule has 2 aliphatic rings. The number of amides is 1. The Kier molecular flexibility index (Phi) is 3.49. The van der Waals surface area contributed by atoms with E-state index in [0.717, 1.165) is 25.8 Å². The summed E-state index contributed by atoms with van der Waals surface area (Å²) < 4.78 is 23.1. The van der Waals surface area contributed by atoms with Gasteiger partial charge in [-0.3, -0.25) is 4.79 Å². The highest BCUT2D eigenvalue weighted by atomic mass is 32.2. The Bertz CT molecular complexity index is 360. The molecule has 6 heteroatoms. The fraction of sp³-hybridized carbons (Fsp3) is 0.900. The highest BCUT2D eigenvalue weighted by Gasteiger charge is 2.32. The molecule has 2 heterocycles. The van der Waals surface area contributed by atoms with E-state index in [1.807, 2.05) is 0 Å². The van der Waals surface area contributed by atoms with Gasteiger partial charge in [0.15, 0.2) is 9.84 Å². The molecule has 0 saturated carbocycles. The first kappa shape index (κ1) is 11.9. The summed E-state index contributed by atoms with van der Waals surface area (Å²) in [5, 5.41) is 5.47. The Balaban J connectivity index is 1.81. The average molecular weight is 246 g/mol. The number of sulfone groups is 1. The van der Waals surface area contributed by atoms with Crippen molar-refractivity contribution in [3.8, 4) is 0 Å². The second-order valence-corrected chi connectivity index (χ2v) is 6.93. The Morgan fingerprint density at radius 1 is 1.31 bits per heavy atom. The highest BCUT2D eigenvalue weighted by Crippen LogP contribution is 2.19. The van der Waals surface area contributed by atoms with E-state index in [2.05, 4.69) is 10.6 Å². The van der Waals surface area contributed by atoms with Crippen LogP contribution in [-0.2, 0) is 14.6 Å². The lowest BCUT2D eigenvalue weighted by molar-refractivity contribution is -0.122. The summed E-state index contributed by atoms with van der Waals surface area (Å²) in [6, 6.07) is -0.121. The Labute approximate surface area is 95.9 Å². The van der Waals surface area contributed by atoms with Crippen LogP contribution in [0.2, 0.25) is 0 Å². The van der Waals surface area contributed by atoms with Crippen molar-refractivity contribution in [3.05, 3.63) is 0 Å². The normalized spacial score (nSPS) is 32.8. The molecule has 2 aliphatic heterocycles. The van der Waals surface area contributed by atoms with Gasteiger partial charge in [-0.05, 0) is 32.2 Å². The van der Waals surface area contributed by atoms with Gasteiger partial charge in [-0.25, -0.2) is 8.42 Å². The molecule has 0 aliphatic carbocycles. The second kappa shape index (κ2) is 4.71. The molecule has 0 radical (unpaired) electrons. The molecule has 16 heavy (non-hydrogen) atoms. The molecule has 92 valence electrons. The third kappa shape index (κ3) is 2.55. The molecule has 2 fully saturated rings.